The molecule has 0 aromatic heterocycles. The van der Waals surface area contributed by atoms with E-state index in [1.165, 1.54) is 0 Å². The molecule has 0 bridgehead atoms. The molecular formula is C5H6N2Se. The minimum absolute atomic E-state index is 0.421. The van der Waals surface area contributed by atoms with Crippen LogP contribution in [0.25, 0.3) is 0 Å². The molecule has 2 nitrogen and oxygen atoms in total. The first kappa shape index (κ1) is 7.37. The standard InChI is InChI=1S/C5H6N2Se/c1-8(2)5(3-6)4-7/h1-2H3. The Labute approximate surface area is 52.8 Å². The fourth-order valence-corrected chi connectivity index (χ4v) is 0.974. The molecule has 0 aromatic carbocycles. The molecule has 0 aliphatic rings. The molecular weight excluding hydrogens is 167 g/mol. The summed E-state index contributed by atoms with van der Waals surface area (Å²) < 4.78 is 0.421. The van der Waals surface area contributed by atoms with E-state index >= 15 is 0 Å². The summed E-state index contributed by atoms with van der Waals surface area (Å²) in [5, 5.41) is 16.4. The Bertz CT molecular complexity index is 171. The van der Waals surface area contributed by atoms with Crippen molar-refractivity contribution in [2.24, 2.45) is 0 Å². The van der Waals surface area contributed by atoms with Crippen molar-refractivity contribution in [3.63, 3.8) is 0 Å². The number of nitrogens with zero attached hydrogens (tertiary/aromatic N) is 2. The van der Waals surface area contributed by atoms with Crippen LogP contribution >= 0.6 is 0 Å². The zero-order chi connectivity index (χ0) is 6.57. The summed E-state index contributed by atoms with van der Waals surface area (Å²) in [7, 11) is 0. The minimum atomic E-state index is -0.975. The van der Waals surface area contributed by atoms with Crippen LogP contribution in [0.1, 0.15) is 0 Å². The summed E-state index contributed by atoms with van der Waals surface area (Å²) >= 11 is -0.975. The second-order valence-electron chi connectivity index (χ2n) is 1.37. The summed E-state index contributed by atoms with van der Waals surface area (Å²) in [6.07, 6.45) is 0. The first-order chi connectivity index (χ1) is 3.72. The molecule has 8 heavy (non-hydrogen) atoms. The van der Waals surface area contributed by atoms with Crippen LogP contribution in [0.4, 0.5) is 0 Å². The molecule has 0 saturated heterocycles. The molecule has 3 heteroatoms. The van der Waals surface area contributed by atoms with Gasteiger partial charge in [-0.3, -0.25) is 0 Å². The van der Waals surface area contributed by atoms with Gasteiger partial charge in [-0.25, -0.2) is 0 Å². The zero-order valence-corrected chi connectivity index (χ0v) is 6.52. The van der Waals surface area contributed by atoms with Crippen LogP contribution in [0.15, 0.2) is 0 Å². The number of nitriles is 2. The Balaban J connectivity index is 4.47. The van der Waals surface area contributed by atoms with Crippen molar-refractivity contribution in [2.45, 2.75) is 11.6 Å². The van der Waals surface area contributed by atoms with Crippen molar-refractivity contribution >= 4 is 17.9 Å². The molecule has 42 valence electrons. The van der Waals surface area contributed by atoms with Crippen molar-refractivity contribution in [1.29, 1.82) is 10.5 Å². The Kier molecular flexibility index (Phi) is 3.11. The molecule has 0 unspecified atom stereocenters. The quantitative estimate of drug-likeness (QED) is 0.502. The molecule has 0 saturated carbocycles. The molecule has 0 spiro atoms. The van der Waals surface area contributed by atoms with Gasteiger partial charge in [-0.2, -0.15) is 0 Å². The van der Waals surface area contributed by atoms with Gasteiger partial charge in [0.05, 0.1) is 0 Å². The van der Waals surface area contributed by atoms with Crippen LogP contribution in [0.3, 0.4) is 0 Å². The summed E-state index contributed by atoms with van der Waals surface area (Å²) in [6, 6.07) is 3.72. The van der Waals surface area contributed by atoms with Crippen LogP contribution in [0.5, 0.6) is 0 Å². The van der Waals surface area contributed by atoms with Gasteiger partial charge in [0.1, 0.15) is 0 Å². The maximum atomic E-state index is 8.22. The van der Waals surface area contributed by atoms with Crippen LogP contribution in [-0.4, -0.2) is 17.9 Å². The SMILES string of the molecule is C[Se](C)=C(C#N)C#N. The molecule has 0 rings (SSSR count). The van der Waals surface area contributed by atoms with Gasteiger partial charge in [0.25, 0.3) is 0 Å². The van der Waals surface area contributed by atoms with E-state index in [1.807, 2.05) is 23.8 Å². The molecule has 0 atom stereocenters. The molecule has 0 radical (unpaired) electrons. The summed E-state index contributed by atoms with van der Waals surface area (Å²) in [5.41, 5.74) is 0. The molecule has 0 heterocycles. The number of rotatable bonds is 0. The van der Waals surface area contributed by atoms with Gasteiger partial charge in [0, 0.05) is 0 Å². The third-order valence-corrected chi connectivity index (χ3v) is 2.71. The van der Waals surface area contributed by atoms with Crippen LogP contribution in [0.2, 0.25) is 11.6 Å². The van der Waals surface area contributed by atoms with E-state index in [2.05, 4.69) is 0 Å². The fraction of sp³-hybridized carbons (Fsp3) is 0.400. The third-order valence-electron chi connectivity index (χ3n) is 0.611. The fourth-order valence-electron chi connectivity index (χ4n) is 0.208. The molecule has 0 aliphatic heterocycles. The monoisotopic (exact) mass is 174 g/mol. The summed E-state index contributed by atoms with van der Waals surface area (Å²) in [4.78, 5) is 0. The Morgan fingerprint density at radius 1 is 1.25 bits per heavy atom. The van der Waals surface area contributed by atoms with Crippen LogP contribution in [0, 0.1) is 22.7 Å². The first-order valence-corrected chi connectivity index (χ1v) is 6.25. The molecule has 0 amide bonds. The van der Waals surface area contributed by atoms with Gasteiger partial charge in [-0.05, 0) is 0 Å². The van der Waals surface area contributed by atoms with Gasteiger partial charge in [0.2, 0.25) is 0 Å². The first-order valence-electron chi connectivity index (χ1n) is 1.97. The topological polar surface area (TPSA) is 47.6 Å². The molecule has 0 fully saturated rings. The molecule has 0 aliphatic carbocycles. The van der Waals surface area contributed by atoms with Gasteiger partial charge in [0.15, 0.2) is 0 Å². The summed E-state index contributed by atoms with van der Waals surface area (Å²) in [5.74, 6) is 3.89. The van der Waals surface area contributed by atoms with E-state index in [9.17, 15) is 0 Å². The Morgan fingerprint density at radius 2 is 1.62 bits per heavy atom. The van der Waals surface area contributed by atoms with Gasteiger partial charge in [-0.15, -0.1) is 0 Å². The van der Waals surface area contributed by atoms with Gasteiger partial charge in [-0.1, -0.05) is 0 Å². The van der Waals surface area contributed by atoms with E-state index < -0.39 is 13.5 Å². The Hall–Kier alpha value is -0.631. The molecule has 0 aromatic rings. The maximum absolute atomic E-state index is 8.22. The number of hydrogen-bond donors (Lipinski definition) is 0. The molecule has 0 N–H and O–H groups in total. The third kappa shape index (κ3) is 1.89. The van der Waals surface area contributed by atoms with Crippen molar-refractivity contribution in [2.75, 3.05) is 0 Å². The van der Waals surface area contributed by atoms with Crippen LogP contribution in [-0.2, 0) is 0 Å². The van der Waals surface area contributed by atoms with E-state index in [0.29, 0.717) is 4.42 Å². The van der Waals surface area contributed by atoms with Crippen molar-refractivity contribution in [3.05, 3.63) is 0 Å². The van der Waals surface area contributed by atoms with Crippen molar-refractivity contribution < 1.29 is 0 Å². The number of hydrogen-bond acceptors (Lipinski definition) is 2. The zero-order valence-electron chi connectivity index (χ0n) is 4.80. The predicted molar refractivity (Wildman–Crippen MR) is 33.7 cm³/mol. The normalized spacial score (nSPS) is 7.62. The van der Waals surface area contributed by atoms with E-state index in [4.69, 9.17) is 10.5 Å². The van der Waals surface area contributed by atoms with Gasteiger partial charge >= 0.3 is 52.2 Å². The summed E-state index contributed by atoms with van der Waals surface area (Å²) in [6.45, 7) is 0. The van der Waals surface area contributed by atoms with Crippen LogP contribution < -0.4 is 0 Å². The van der Waals surface area contributed by atoms with E-state index in [1.54, 1.807) is 0 Å². The van der Waals surface area contributed by atoms with Crippen molar-refractivity contribution in [3.8, 4) is 12.1 Å². The Morgan fingerprint density at radius 3 is 1.62 bits per heavy atom. The van der Waals surface area contributed by atoms with E-state index in [-0.39, 0.29) is 0 Å². The van der Waals surface area contributed by atoms with Crippen molar-refractivity contribution in [1.82, 2.24) is 0 Å². The van der Waals surface area contributed by atoms with Gasteiger partial charge < -0.3 is 0 Å². The second kappa shape index (κ2) is 3.38. The predicted octanol–water partition coefficient (Wildman–Crippen LogP) is 0.542. The van der Waals surface area contributed by atoms with E-state index in [0.717, 1.165) is 0 Å². The average molecular weight is 173 g/mol. The second-order valence-corrected chi connectivity index (χ2v) is 5.65. The average Bonchev–Trinajstić information content (AvgIpc) is 1.69.